The number of nitrogens with zero attached hydrogens (tertiary/aromatic N) is 1. The second-order valence-corrected chi connectivity index (χ2v) is 5.15. The summed E-state index contributed by atoms with van der Waals surface area (Å²) >= 11 is 0. The molecule has 0 aliphatic heterocycles. The number of H-pyrrole nitrogens is 1. The molecule has 1 unspecified atom stereocenters. The van der Waals surface area contributed by atoms with E-state index in [0.717, 1.165) is 12.8 Å². The van der Waals surface area contributed by atoms with Gasteiger partial charge < -0.3 is 4.98 Å². The number of fused-ring (bicyclic) bond motifs is 1. The van der Waals surface area contributed by atoms with Crippen molar-refractivity contribution in [2.75, 3.05) is 0 Å². The zero-order valence-corrected chi connectivity index (χ0v) is 10.6. The van der Waals surface area contributed by atoms with E-state index in [-0.39, 0.29) is 17.4 Å². The smallest absolute Gasteiger partial charge is 0.279 e. The Morgan fingerprint density at radius 1 is 1.47 bits per heavy atom. The lowest BCUT2D eigenvalue weighted by molar-refractivity contribution is -0.383. The summed E-state index contributed by atoms with van der Waals surface area (Å²) in [5.41, 5.74) is 1.08. The molecule has 3 rings (SSSR count). The van der Waals surface area contributed by atoms with Crippen molar-refractivity contribution in [1.29, 1.82) is 0 Å². The lowest BCUT2D eigenvalue weighted by Gasteiger charge is -2.07. The predicted molar refractivity (Wildman–Crippen MR) is 71.2 cm³/mol. The van der Waals surface area contributed by atoms with Crippen LogP contribution in [0.2, 0.25) is 0 Å². The average molecular weight is 258 g/mol. The minimum absolute atomic E-state index is 0.00282. The number of nitro groups is 1. The first kappa shape index (κ1) is 11.9. The summed E-state index contributed by atoms with van der Waals surface area (Å²) in [5.74, 6) is 0.391. The van der Waals surface area contributed by atoms with Gasteiger partial charge >= 0.3 is 0 Å². The Balaban J connectivity index is 2.13. The van der Waals surface area contributed by atoms with E-state index in [4.69, 9.17) is 0 Å². The first-order valence-corrected chi connectivity index (χ1v) is 6.38. The van der Waals surface area contributed by atoms with Gasteiger partial charge in [-0.25, -0.2) is 0 Å². The van der Waals surface area contributed by atoms with Crippen LogP contribution in [0.15, 0.2) is 24.4 Å². The number of aromatic amines is 1. The maximum Gasteiger partial charge on any atom is 0.279 e. The van der Waals surface area contributed by atoms with E-state index in [9.17, 15) is 14.9 Å². The quantitative estimate of drug-likeness (QED) is 0.519. The van der Waals surface area contributed by atoms with E-state index in [1.54, 1.807) is 18.3 Å². The Labute approximate surface area is 109 Å². The van der Waals surface area contributed by atoms with Gasteiger partial charge in [0, 0.05) is 18.2 Å². The number of hydrogen-bond acceptors (Lipinski definition) is 3. The SMILES string of the molecule is CC(C(=O)c1c[nH]c2cccc([N+](=O)[O-])c12)C1CC1. The molecule has 0 bridgehead atoms. The number of nitrogens with one attached hydrogen (secondary N) is 1. The van der Waals surface area contributed by atoms with Crippen LogP contribution in [0.3, 0.4) is 0 Å². The first-order chi connectivity index (χ1) is 9.09. The molecule has 1 saturated carbocycles. The van der Waals surface area contributed by atoms with Crippen LogP contribution in [0.1, 0.15) is 30.1 Å². The molecule has 0 radical (unpaired) electrons. The topological polar surface area (TPSA) is 76.0 Å². The highest BCUT2D eigenvalue weighted by molar-refractivity contribution is 6.11. The van der Waals surface area contributed by atoms with E-state index in [2.05, 4.69) is 4.98 Å². The molecule has 0 saturated heterocycles. The number of nitro benzene ring substituents is 1. The van der Waals surface area contributed by atoms with Crippen molar-refractivity contribution in [2.45, 2.75) is 19.8 Å². The van der Waals surface area contributed by atoms with Crippen LogP contribution in [0.5, 0.6) is 0 Å². The van der Waals surface area contributed by atoms with Crippen molar-refractivity contribution in [3.8, 4) is 0 Å². The normalized spacial score (nSPS) is 16.5. The van der Waals surface area contributed by atoms with Gasteiger partial charge in [-0.1, -0.05) is 13.0 Å². The van der Waals surface area contributed by atoms with Crippen LogP contribution in [0.4, 0.5) is 5.69 Å². The molecule has 98 valence electrons. The fraction of sp³-hybridized carbons (Fsp3) is 0.357. The lowest BCUT2D eigenvalue weighted by atomic mass is 9.94. The summed E-state index contributed by atoms with van der Waals surface area (Å²) in [4.78, 5) is 26.0. The summed E-state index contributed by atoms with van der Waals surface area (Å²) < 4.78 is 0. The molecule has 1 aromatic heterocycles. The molecule has 5 heteroatoms. The Bertz CT molecular complexity index is 670. The number of aromatic nitrogens is 1. The number of ketones is 1. The summed E-state index contributed by atoms with van der Waals surface area (Å²) in [6.45, 7) is 1.91. The molecule has 0 spiro atoms. The number of hydrogen-bond donors (Lipinski definition) is 1. The number of non-ortho nitro benzene ring substituents is 1. The third-order valence-electron chi connectivity index (χ3n) is 3.89. The Hall–Kier alpha value is -2.17. The number of carbonyl (C=O) groups excluding carboxylic acids is 1. The van der Waals surface area contributed by atoms with Gasteiger partial charge in [0.1, 0.15) is 0 Å². The van der Waals surface area contributed by atoms with Gasteiger partial charge in [-0.15, -0.1) is 0 Å². The standard InChI is InChI=1S/C14H14N2O3/c1-8(9-5-6-9)14(17)10-7-15-11-3-2-4-12(13(10)11)16(18)19/h2-4,7-9,15H,5-6H2,1H3. The van der Waals surface area contributed by atoms with E-state index in [1.807, 2.05) is 6.92 Å². The largest absolute Gasteiger partial charge is 0.360 e. The Kier molecular flexibility index (Phi) is 2.62. The number of benzene rings is 1. The minimum atomic E-state index is -0.436. The summed E-state index contributed by atoms with van der Waals surface area (Å²) in [7, 11) is 0. The van der Waals surface area contributed by atoms with Gasteiger partial charge in [-0.2, -0.15) is 0 Å². The second kappa shape index (κ2) is 4.19. The molecule has 19 heavy (non-hydrogen) atoms. The van der Waals surface area contributed by atoms with Crippen LogP contribution in [-0.4, -0.2) is 15.7 Å². The molecule has 1 atom stereocenters. The highest BCUT2D eigenvalue weighted by atomic mass is 16.6. The van der Waals surface area contributed by atoms with Gasteiger partial charge in [0.25, 0.3) is 5.69 Å². The Morgan fingerprint density at radius 2 is 2.21 bits per heavy atom. The van der Waals surface area contributed by atoms with Crippen molar-refractivity contribution in [3.63, 3.8) is 0 Å². The summed E-state index contributed by atoms with van der Waals surface area (Å²) in [6.07, 6.45) is 3.76. The highest BCUT2D eigenvalue weighted by Crippen LogP contribution is 2.39. The maximum atomic E-state index is 12.4. The summed E-state index contributed by atoms with van der Waals surface area (Å²) in [6, 6.07) is 4.81. The molecule has 1 N–H and O–H groups in total. The molecular weight excluding hydrogens is 244 g/mol. The lowest BCUT2D eigenvalue weighted by Crippen LogP contribution is -2.13. The zero-order chi connectivity index (χ0) is 13.6. The van der Waals surface area contributed by atoms with Gasteiger partial charge in [-0.05, 0) is 24.8 Å². The molecular formula is C14H14N2O3. The molecule has 1 heterocycles. The van der Waals surface area contributed by atoms with Gasteiger partial charge in [-0.3, -0.25) is 14.9 Å². The number of Topliss-reactive ketones (excluding diaryl/α,β-unsaturated/α-hetero) is 1. The predicted octanol–water partition coefficient (Wildman–Crippen LogP) is 3.30. The van der Waals surface area contributed by atoms with Gasteiger partial charge in [0.05, 0.1) is 21.4 Å². The average Bonchev–Trinajstić information content (AvgIpc) is 3.15. The minimum Gasteiger partial charge on any atom is -0.360 e. The number of rotatable bonds is 4. The van der Waals surface area contributed by atoms with E-state index in [0.29, 0.717) is 22.4 Å². The van der Waals surface area contributed by atoms with Crippen LogP contribution in [0.25, 0.3) is 10.9 Å². The van der Waals surface area contributed by atoms with Crippen LogP contribution in [-0.2, 0) is 0 Å². The van der Waals surface area contributed by atoms with Gasteiger partial charge in [0.15, 0.2) is 5.78 Å². The van der Waals surface area contributed by atoms with Crippen molar-refractivity contribution in [2.24, 2.45) is 11.8 Å². The number of carbonyl (C=O) groups is 1. The third kappa shape index (κ3) is 1.91. The molecule has 0 amide bonds. The third-order valence-corrected chi connectivity index (χ3v) is 3.89. The van der Waals surface area contributed by atoms with Crippen LogP contribution in [0, 0.1) is 22.0 Å². The van der Waals surface area contributed by atoms with Crippen molar-refractivity contribution in [3.05, 3.63) is 40.1 Å². The second-order valence-electron chi connectivity index (χ2n) is 5.15. The van der Waals surface area contributed by atoms with Crippen LogP contribution < -0.4 is 0 Å². The monoisotopic (exact) mass is 258 g/mol. The Morgan fingerprint density at radius 3 is 2.84 bits per heavy atom. The van der Waals surface area contributed by atoms with E-state index in [1.165, 1.54) is 6.07 Å². The summed E-state index contributed by atoms with van der Waals surface area (Å²) in [5, 5.41) is 11.5. The molecule has 5 nitrogen and oxygen atoms in total. The molecule has 1 fully saturated rings. The highest BCUT2D eigenvalue weighted by Gasteiger charge is 2.34. The molecule has 1 aromatic carbocycles. The van der Waals surface area contributed by atoms with Crippen molar-refractivity contribution >= 4 is 22.4 Å². The fourth-order valence-electron chi connectivity index (χ4n) is 2.57. The van der Waals surface area contributed by atoms with E-state index >= 15 is 0 Å². The fourth-order valence-corrected chi connectivity index (χ4v) is 2.57. The van der Waals surface area contributed by atoms with E-state index < -0.39 is 4.92 Å². The van der Waals surface area contributed by atoms with Crippen molar-refractivity contribution in [1.82, 2.24) is 4.98 Å². The van der Waals surface area contributed by atoms with Gasteiger partial charge in [0.2, 0.25) is 0 Å². The first-order valence-electron chi connectivity index (χ1n) is 6.38. The molecule has 2 aromatic rings. The molecule has 1 aliphatic rings. The maximum absolute atomic E-state index is 12.4. The van der Waals surface area contributed by atoms with Crippen LogP contribution >= 0.6 is 0 Å². The molecule has 1 aliphatic carbocycles. The van der Waals surface area contributed by atoms with Crippen molar-refractivity contribution < 1.29 is 9.72 Å². The zero-order valence-electron chi connectivity index (χ0n) is 10.6.